The van der Waals surface area contributed by atoms with Crippen molar-refractivity contribution < 1.29 is 9.53 Å². The van der Waals surface area contributed by atoms with Crippen LogP contribution in [0.1, 0.15) is 46.5 Å². The molecule has 1 rings (SSSR count). The molecule has 0 aliphatic carbocycles. The van der Waals surface area contributed by atoms with Crippen LogP contribution in [0.15, 0.2) is 0 Å². The van der Waals surface area contributed by atoms with E-state index in [4.69, 9.17) is 10.00 Å². The molecule has 1 N–H and O–H groups in total. The van der Waals surface area contributed by atoms with Crippen LogP contribution in [0, 0.1) is 17.2 Å². The zero-order valence-electron chi connectivity index (χ0n) is 11.0. The number of rotatable bonds is 4. The zero-order valence-corrected chi connectivity index (χ0v) is 11.0. The van der Waals surface area contributed by atoms with Crippen LogP contribution in [0.2, 0.25) is 0 Å². The van der Waals surface area contributed by atoms with Crippen molar-refractivity contribution in [2.45, 2.75) is 58.1 Å². The Bertz CT molecular complexity index is 305. The highest BCUT2D eigenvalue weighted by molar-refractivity contribution is 5.80. The lowest BCUT2D eigenvalue weighted by molar-refractivity contribution is -0.127. The van der Waals surface area contributed by atoms with E-state index in [2.05, 4.69) is 19.2 Å². The third-order valence-electron chi connectivity index (χ3n) is 3.71. The SMILES string of the molecule is CCC1(CC)CC(NC(=O)C(C)C#N)CCO1. The van der Waals surface area contributed by atoms with E-state index in [1.807, 2.05) is 6.07 Å². The van der Waals surface area contributed by atoms with Crippen molar-refractivity contribution in [1.82, 2.24) is 5.32 Å². The fourth-order valence-electron chi connectivity index (χ4n) is 2.28. The molecule has 96 valence electrons. The van der Waals surface area contributed by atoms with E-state index in [1.165, 1.54) is 0 Å². The lowest BCUT2D eigenvalue weighted by Crippen LogP contribution is -2.49. The van der Waals surface area contributed by atoms with Gasteiger partial charge in [-0.25, -0.2) is 0 Å². The van der Waals surface area contributed by atoms with E-state index in [-0.39, 0.29) is 17.6 Å². The van der Waals surface area contributed by atoms with Gasteiger partial charge in [-0.05, 0) is 32.6 Å². The number of carbonyl (C=O) groups is 1. The molecular formula is C13H22N2O2. The molecule has 0 spiro atoms. The molecule has 0 aromatic heterocycles. The second kappa shape index (κ2) is 6.02. The number of nitrogens with one attached hydrogen (secondary N) is 1. The van der Waals surface area contributed by atoms with Crippen LogP contribution < -0.4 is 5.32 Å². The molecule has 2 atom stereocenters. The average molecular weight is 238 g/mol. The Morgan fingerprint density at radius 3 is 2.76 bits per heavy atom. The topological polar surface area (TPSA) is 62.1 Å². The Labute approximate surface area is 103 Å². The fourth-order valence-corrected chi connectivity index (χ4v) is 2.28. The van der Waals surface area contributed by atoms with Crippen molar-refractivity contribution in [3.63, 3.8) is 0 Å². The number of amides is 1. The van der Waals surface area contributed by atoms with Crippen molar-refractivity contribution in [2.75, 3.05) is 6.61 Å². The summed E-state index contributed by atoms with van der Waals surface area (Å²) in [5.74, 6) is -0.740. The molecule has 1 amide bonds. The minimum Gasteiger partial charge on any atom is -0.375 e. The Balaban J connectivity index is 2.56. The lowest BCUT2D eigenvalue weighted by Gasteiger charge is -2.40. The van der Waals surface area contributed by atoms with Crippen LogP contribution in [0.5, 0.6) is 0 Å². The van der Waals surface area contributed by atoms with Crippen molar-refractivity contribution in [2.24, 2.45) is 5.92 Å². The Hall–Kier alpha value is -1.08. The number of carbonyl (C=O) groups excluding carboxylic acids is 1. The first-order valence-electron chi connectivity index (χ1n) is 6.41. The Morgan fingerprint density at radius 1 is 1.59 bits per heavy atom. The summed E-state index contributed by atoms with van der Waals surface area (Å²) >= 11 is 0. The summed E-state index contributed by atoms with van der Waals surface area (Å²) in [6.45, 7) is 6.55. The number of hydrogen-bond donors (Lipinski definition) is 1. The second-order valence-corrected chi connectivity index (χ2v) is 4.79. The summed E-state index contributed by atoms with van der Waals surface area (Å²) < 4.78 is 5.85. The van der Waals surface area contributed by atoms with Crippen molar-refractivity contribution in [3.8, 4) is 6.07 Å². The van der Waals surface area contributed by atoms with Crippen molar-refractivity contribution in [3.05, 3.63) is 0 Å². The van der Waals surface area contributed by atoms with Gasteiger partial charge in [0.25, 0.3) is 0 Å². The maximum absolute atomic E-state index is 11.7. The van der Waals surface area contributed by atoms with Gasteiger partial charge < -0.3 is 10.1 Å². The van der Waals surface area contributed by atoms with E-state index in [9.17, 15) is 4.79 Å². The van der Waals surface area contributed by atoms with Gasteiger partial charge in [-0.1, -0.05) is 13.8 Å². The van der Waals surface area contributed by atoms with E-state index >= 15 is 0 Å². The third-order valence-corrected chi connectivity index (χ3v) is 3.71. The molecule has 0 aromatic rings. The van der Waals surface area contributed by atoms with E-state index in [0.717, 1.165) is 25.7 Å². The van der Waals surface area contributed by atoms with Gasteiger partial charge in [0.2, 0.25) is 5.91 Å². The molecule has 1 aliphatic heterocycles. The summed E-state index contributed by atoms with van der Waals surface area (Å²) in [5.41, 5.74) is -0.0912. The van der Waals surface area contributed by atoms with Gasteiger partial charge in [0.15, 0.2) is 0 Å². The molecule has 1 aliphatic rings. The van der Waals surface area contributed by atoms with E-state index < -0.39 is 5.92 Å². The van der Waals surface area contributed by atoms with Crippen LogP contribution in [-0.4, -0.2) is 24.2 Å². The number of hydrogen-bond acceptors (Lipinski definition) is 3. The van der Waals surface area contributed by atoms with Gasteiger partial charge >= 0.3 is 0 Å². The molecular weight excluding hydrogens is 216 g/mol. The van der Waals surface area contributed by atoms with Gasteiger partial charge in [-0.15, -0.1) is 0 Å². The first-order chi connectivity index (χ1) is 8.06. The summed E-state index contributed by atoms with van der Waals surface area (Å²) in [7, 11) is 0. The Kier molecular flexibility index (Phi) is 4.95. The molecule has 0 radical (unpaired) electrons. The summed E-state index contributed by atoms with van der Waals surface area (Å²) in [4.78, 5) is 11.7. The predicted octanol–water partition coefficient (Wildman–Crippen LogP) is 2.00. The summed E-state index contributed by atoms with van der Waals surface area (Å²) in [6, 6.07) is 2.11. The molecule has 2 unspecified atom stereocenters. The average Bonchev–Trinajstić information content (AvgIpc) is 2.37. The molecule has 1 saturated heterocycles. The molecule has 0 bridgehead atoms. The van der Waals surface area contributed by atoms with Crippen molar-refractivity contribution in [1.29, 1.82) is 5.26 Å². The maximum Gasteiger partial charge on any atom is 0.237 e. The van der Waals surface area contributed by atoms with Crippen LogP contribution in [-0.2, 0) is 9.53 Å². The highest BCUT2D eigenvalue weighted by Gasteiger charge is 2.35. The standard InChI is InChI=1S/C13H22N2O2/c1-4-13(5-2)8-11(6-7-17-13)15-12(16)10(3)9-14/h10-11H,4-8H2,1-3H3,(H,15,16). The number of ether oxygens (including phenoxy) is 1. The number of nitriles is 1. The molecule has 4 heteroatoms. The first-order valence-corrected chi connectivity index (χ1v) is 6.41. The van der Waals surface area contributed by atoms with E-state index in [1.54, 1.807) is 6.92 Å². The van der Waals surface area contributed by atoms with Gasteiger partial charge in [0.05, 0.1) is 11.7 Å². The summed E-state index contributed by atoms with van der Waals surface area (Å²) in [5, 5.41) is 11.6. The molecule has 0 saturated carbocycles. The van der Waals surface area contributed by atoms with Crippen LogP contribution in [0.25, 0.3) is 0 Å². The Morgan fingerprint density at radius 2 is 2.24 bits per heavy atom. The van der Waals surface area contributed by atoms with Crippen molar-refractivity contribution >= 4 is 5.91 Å². The smallest absolute Gasteiger partial charge is 0.237 e. The van der Waals surface area contributed by atoms with Gasteiger partial charge in [-0.3, -0.25) is 4.79 Å². The van der Waals surface area contributed by atoms with Crippen LogP contribution in [0.3, 0.4) is 0 Å². The van der Waals surface area contributed by atoms with Crippen LogP contribution >= 0.6 is 0 Å². The molecule has 4 nitrogen and oxygen atoms in total. The minimum atomic E-state index is -0.574. The maximum atomic E-state index is 11.7. The highest BCUT2D eigenvalue weighted by atomic mass is 16.5. The fraction of sp³-hybridized carbons (Fsp3) is 0.846. The quantitative estimate of drug-likeness (QED) is 0.814. The number of nitrogens with zero attached hydrogens (tertiary/aromatic N) is 1. The van der Waals surface area contributed by atoms with E-state index in [0.29, 0.717) is 6.61 Å². The highest BCUT2D eigenvalue weighted by Crippen LogP contribution is 2.31. The lowest BCUT2D eigenvalue weighted by atomic mass is 9.86. The molecule has 17 heavy (non-hydrogen) atoms. The molecule has 1 fully saturated rings. The molecule has 1 heterocycles. The zero-order chi connectivity index (χ0) is 12.9. The largest absolute Gasteiger partial charge is 0.375 e. The minimum absolute atomic E-state index is 0.0912. The second-order valence-electron chi connectivity index (χ2n) is 4.79. The normalized spacial score (nSPS) is 24.7. The first kappa shape index (κ1) is 14.0. The van der Waals surface area contributed by atoms with Gasteiger partial charge in [0.1, 0.15) is 5.92 Å². The van der Waals surface area contributed by atoms with Gasteiger partial charge in [0, 0.05) is 12.6 Å². The molecule has 0 aromatic carbocycles. The predicted molar refractivity (Wildman–Crippen MR) is 65.2 cm³/mol. The van der Waals surface area contributed by atoms with Gasteiger partial charge in [-0.2, -0.15) is 5.26 Å². The summed E-state index contributed by atoms with van der Waals surface area (Å²) in [6.07, 6.45) is 3.61. The monoisotopic (exact) mass is 238 g/mol. The third kappa shape index (κ3) is 3.44. The van der Waals surface area contributed by atoms with Crippen LogP contribution in [0.4, 0.5) is 0 Å².